The van der Waals surface area contributed by atoms with Crippen LogP contribution in [0.2, 0.25) is 0 Å². The average molecular weight is 218 g/mol. The number of aromatic amines is 1. The first-order chi connectivity index (χ1) is 7.56. The van der Waals surface area contributed by atoms with E-state index in [1.165, 1.54) is 6.92 Å². The summed E-state index contributed by atoms with van der Waals surface area (Å²) in [6.45, 7) is 3.40. The monoisotopic (exact) mass is 218 g/mol. The fourth-order valence-electron chi connectivity index (χ4n) is 2.04. The Morgan fingerprint density at radius 1 is 1.44 bits per heavy atom. The molecule has 1 aromatic heterocycles. The normalized spacial score (nSPS) is 10.7. The molecule has 4 nitrogen and oxygen atoms in total. The molecule has 0 aliphatic rings. The largest absolute Gasteiger partial charge is 0.495 e. The number of ketones is 1. The minimum Gasteiger partial charge on any atom is -0.495 e. The van der Waals surface area contributed by atoms with Gasteiger partial charge in [-0.2, -0.15) is 0 Å². The fourth-order valence-corrected chi connectivity index (χ4v) is 2.04. The molecule has 0 spiro atoms. The van der Waals surface area contributed by atoms with E-state index in [0.717, 1.165) is 16.6 Å². The van der Waals surface area contributed by atoms with Crippen LogP contribution in [0.25, 0.3) is 10.9 Å². The molecular weight excluding hydrogens is 204 g/mol. The first-order valence-electron chi connectivity index (χ1n) is 5.02. The van der Waals surface area contributed by atoms with E-state index in [0.29, 0.717) is 17.0 Å². The van der Waals surface area contributed by atoms with Gasteiger partial charge in [-0.3, -0.25) is 4.79 Å². The summed E-state index contributed by atoms with van der Waals surface area (Å²) in [4.78, 5) is 14.7. The van der Waals surface area contributed by atoms with Gasteiger partial charge in [-0.05, 0) is 26.0 Å². The van der Waals surface area contributed by atoms with Crippen molar-refractivity contribution in [2.45, 2.75) is 13.8 Å². The summed E-state index contributed by atoms with van der Waals surface area (Å²) >= 11 is 0. The minimum atomic E-state index is 0.00343. The Balaban J connectivity index is 2.89. The highest BCUT2D eigenvalue weighted by atomic mass is 16.5. The molecule has 4 heteroatoms. The second-order valence-corrected chi connectivity index (χ2v) is 3.79. The molecular formula is C12H14N2O2. The Labute approximate surface area is 93.4 Å². The molecule has 0 radical (unpaired) electrons. The van der Waals surface area contributed by atoms with Gasteiger partial charge >= 0.3 is 0 Å². The lowest BCUT2D eigenvalue weighted by Gasteiger charge is -2.06. The highest BCUT2D eigenvalue weighted by molar-refractivity contribution is 6.13. The molecule has 1 aromatic carbocycles. The summed E-state index contributed by atoms with van der Waals surface area (Å²) in [7, 11) is 1.56. The van der Waals surface area contributed by atoms with Crippen LogP contribution in [-0.4, -0.2) is 17.9 Å². The number of nitrogen functional groups attached to an aromatic ring is 1. The van der Waals surface area contributed by atoms with Crippen molar-refractivity contribution in [2.24, 2.45) is 0 Å². The Hall–Kier alpha value is -1.97. The predicted molar refractivity (Wildman–Crippen MR) is 64.0 cm³/mol. The van der Waals surface area contributed by atoms with Crippen molar-refractivity contribution in [3.63, 3.8) is 0 Å². The number of Topliss-reactive ketones (excluding diaryl/α,β-unsaturated/α-hetero) is 1. The van der Waals surface area contributed by atoms with Gasteiger partial charge in [0.05, 0.1) is 12.8 Å². The van der Waals surface area contributed by atoms with Gasteiger partial charge in [0.1, 0.15) is 5.75 Å². The number of benzene rings is 1. The molecule has 0 bridgehead atoms. The number of aromatic nitrogens is 1. The number of aryl methyl sites for hydroxylation is 1. The van der Waals surface area contributed by atoms with E-state index < -0.39 is 0 Å². The van der Waals surface area contributed by atoms with Crippen LogP contribution in [0.4, 0.5) is 5.69 Å². The smallest absolute Gasteiger partial charge is 0.162 e. The van der Waals surface area contributed by atoms with Gasteiger partial charge in [-0.15, -0.1) is 0 Å². The lowest BCUT2D eigenvalue weighted by molar-refractivity contribution is 0.101. The molecule has 16 heavy (non-hydrogen) atoms. The number of methoxy groups -OCH3 is 1. The number of H-pyrrole nitrogens is 1. The summed E-state index contributed by atoms with van der Waals surface area (Å²) in [6, 6.07) is 3.65. The van der Waals surface area contributed by atoms with E-state index in [9.17, 15) is 4.79 Å². The van der Waals surface area contributed by atoms with Gasteiger partial charge in [-0.1, -0.05) is 0 Å². The van der Waals surface area contributed by atoms with E-state index in [4.69, 9.17) is 10.5 Å². The number of hydrogen-bond acceptors (Lipinski definition) is 3. The van der Waals surface area contributed by atoms with Gasteiger partial charge in [0.2, 0.25) is 0 Å². The number of fused-ring (bicyclic) bond motifs is 1. The first-order valence-corrected chi connectivity index (χ1v) is 5.02. The standard InChI is InChI=1S/C12H14N2O2/c1-6-10(7(2)15)11-8(14-6)4-5-9(16-3)12(11)13/h4-5,14H,13H2,1-3H3. The molecule has 1 heterocycles. The average Bonchev–Trinajstić information content (AvgIpc) is 2.56. The number of hydrogen-bond donors (Lipinski definition) is 2. The Bertz CT molecular complexity index is 570. The fraction of sp³-hybridized carbons (Fsp3) is 0.250. The topological polar surface area (TPSA) is 68.1 Å². The SMILES string of the molecule is COc1ccc2[nH]c(C)c(C(C)=O)c2c1N. The van der Waals surface area contributed by atoms with Gasteiger partial charge in [-0.25, -0.2) is 0 Å². The zero-order chi connectivity index (χ0) is 11.9. The highest BCUT2D eigenvalue weighted by Gasteiger charge is 2.16. The van der Waals surface area contributed by atoms with Crippen molar-refractivity contribution in [3.8, 4) is 5.75 Å². The number of carbonyl (C=O) groups is 1. The van der Waals surface area contributed by atoms with Crippen molar-refractivity contribution in [1.82, 2.24) is 4.98 Å². The first kappa shape index (κ1) is 10.5. The number of anilines is 1. The summed E-state index contributed by atoms with van der Waals surface area (Å²) < 4.78 is 5.15. The van der Waals surface area contributed by atoms with E-state index in [1.807, 2.05) is 13.0 Å². The number of ether oxygens (including phenoxy) is 1. The van der Waals surface area contributed by atoms with Crippen molar-refractivity contribution in [1.29, 1.82) is 0 Å². The molecule has 0 atom stereocenters. The molecule has 2 aromatic rings. The van der Waals surface area contributed by atoms with E-state index >= 15 is 0 Å². The summed E-state index contributed by atoms with van der Waals surface area (Å²) in [6.07, 6.45) is 0. The molecule has 0 fully saturated rings. The maximum absolute atomic E-state index is 11.6. The minimum absolute atomic E-state index is 0.00343. The Kier molecular flexibility index (Phi) is 2.34. The van der Waals surface area contributed by atoms with Crippen molar-refractivity contribution in [2.75, 3.05) is 12.8 Å². The van der Waals surface area contributed by atoms with Crippen molar-refractivity contribution < 1.29 is 9.53 Å². The second-order valence-electron chi connectivity index (χ2n) is 3.79. The third kappa shape index (κ3) is 1.34. The molecule has 0 aliphatic heterocycles. The van der Waals surface area contributed by atoms with Crippen LogP contribution < -0.4 is 10.5 Å². The summed E-state index contributed by atoms with van der Waals surface area (Å²) in [5.41, 5.74) is 8.84. The van der Waals surface area contributed by atoms with Crippen LogP contribution in [0.3, 0.4) is 0 Å². The van der Waals surface area contributed by atoms with Gasteiger partial charge in [0.15, 0.2) is 5.78 Å². The summed E-state index contributed by atoms with van der Waals surface area (Å²) in [5.74, 6) is 0.595. The van der Waals surface area contributed by atoms with Gasteiger partial charge < -0.3 is 15.5 Å². The molecule has 0 unspecified atom stereocenters. The highest BCUT2D eigenvalue weighted by Crippen LogP contribution is 2.34. The van der Waals surface area contributed by atoms with Crippen LogP contribution in [0, 0.1) is 6.92 Å². The number of nitrogens with one attached hydrogen (secondary N) is 1. The number of carbonyl (C=O) groups excluding carboxylic acids is 1. The molecule has 0 saturated heterocycles. The van der Waals surface area contributed by atoms with Gasteiger partial charge in [0.25, 0.3) is 0 Å². The molecule has 2 rings (SSSR count). The third-order valence-corrected chi connectivity index (χ3v) is 2.72. The quantitative estimate of drug-likeness (QED) is 0.600. The number of rotatable bonds is 2. The van der Waals surface area contributed by atoms with E-state index in [2.05, 4.69) is 4.98 Å². The number of nitrogens with two attached hydrogens (primary N) is 1. The molecule has 3 N–H and O–H groups in total. The second kappa shape index (κ2) is 3.56. The molecule has 0 saturated carbocycles. The molecule has 84 valence electrons. The van der Waals surface area contributed by atoms with Crippen molar-refractivity contribution >= 4 is 22.4 Å². The van der Waals surface area contributed by atoms with Crippen molar-refractivity contribution in [3.05, 3.63) is 23.4 Å². The van der Waals surface area contributed by atoms with Crippen LogP contribution in [0.1, 0.15) is 23.0 Å². The Morgan fingerprint density at radius 3 is 2.69 bits per heavy atom. The van der Waals surface area contributed by atoms with Crippen LogP contribution in [0.5, 0.6) is 5.75 Å². The van der Waals surface area contributed by atoms with Gasteiger partial charge in [0, 0.05) is 22.2 Å². The van der Waals surface area contributed by atoms with E-state index in [-0.39, 0.29) is 5.78 Å². The van der Waals surface area contributed by atoms with Crippen LogP contribution >= 0.6 is 0 Å². The lowest BCUT2D eigenvalue weighted by Crippen LogP contribution is -1.97. The zero-order valence-corrected chi connectivity index (χ0v) is 9.55. The summed E-state index contributed by atoms with van der Waals surface area (Å²) in [5, 5.41) is 0.754. The molecule has 0 aliphatic carbocycles. The zero-order valence-electron chi connectivity index (χ0n) is 9.55. The molecule has 0 amide bonds. The van der Waals surface area contributed by atoms with Crippen LogP contribution in [0.15, 0.2) is 12.1 Å². The predicted octanol–water partition coefficient (Wildman–Crippen LogP) is 2.27. The Morgan fingerprint density at radius 2 is 2.12 bits per heavy atom. The lowest BCUT2D eigenvalue weighted by atomic mass is 10.1. The van der Waals surface area contributed by atoms with Crippen LogP contribution in [-0.2, 0) is 0 Å². The maximum Gasteiger partial charge on any atom is 0.162 e. The maximum atomic E-state index is 11.6. The van der Waals surface area contributed by atoms with E-state index in [1.54, 1.807) is 13.2 Å². The third-order valence-electron chi connectivity index (χ3n) is 2.72.